The lowest BCUT2D eigenvalue weighted by molar-refractivity contribution is -0.127. The fourth-order valence-electron chi connectivity index (χ4n) is 3.15. The highest BCUT2D eigenvalue weighted by atomic mass is 79.9. The average Bonchev–Trinajstić information content (AvgIpc) is 2.97. The Bertz CT molecular complexity index is 825. The number of carbonyl (C=O) groups excluding carboxylic acids is 2. The molecular weight excluding hydrogens is 404 g/mol. The largest absolute Gasteiger partial charge is 0.337 e. The van der Waals surface area contributed by atoms with E-state index in [1.54, 1.807) is 18.2 Å². The van der Waals surface area contributed by atoms with Gasteiger partial charge in [0, 0.05) is 17.6 Å². The molecule has 3 rings (SSSR count). The van der Waals surface area contributed by atoms with E-state index >= 15 is 0 Å². The van der Waals surface area contributed by atoms with Crippen LogP contribution in [0.4, 0.5) is 0 Å². The van der Waals surface area contributed by atoms with Crippen molar-refractivity contribution in [2.75, 3.05) is 13.1 Å². The average molecular weight is 427 g/mol. The quantitative estimate of drug-likeness (QED) is 0.724. The Morgan fingerprint density at radius 1 is 0.889 bits per heavy atom. The van der Waals surface area contributed by atoms with E-state index in [1.165, 1.54) is 0 Å². The first-order valence-electron chi connectivity index (χ1n) is 9.27. The molecule has 0 aliphatic carbocycles. The van der Waals surface area contributed by atoms with Crippen LogP contribution in [0.25, 0.3) is 6.08 Å². The van der Waals surface area contributed by atoms with Gasteiger partial charge in [0.2, 0.25) is 0 Å². The molecule has 0 atom stereocenters. The molecule has 1 heterocycles. The molecule has 5 heteroatoms. The van der Waals surface area contributed by atoms with E-state index in [4.69, 9.17) is 0 Å². The molecule has 2 amide bonds. The standard InChI is InChI=1S/C22H23BrN2O2/c23-19-13-7-6-12-18(19)21(26)24-20(16-17-10-4-3-5-11-17)22(27)25-14-8-1-2-9-15-25/h3-7,10-13,16H,1-2,8-9,14-15H2,(H,24,26)/b20-16-. The number of benzene rings is 2. The molecule has 140 valence electrons. The monoisotopic (exact) mass is 426 g/mol. The zero-order valence-electron chi connectivity index (χ0n) is 15.2. The molecular formula is C22H23BrN2O2. The van der Waals surface area contributed by atoms with E-state index in [0.717, 1.165) is 44.3 Å². The molecule has 0 aromatic heterocycles. The van der Waals surface area contributed by atoms with Crippen molar-refractivity contribution in [2.45, 2.75) is 25.7 Å². The first-order chi connectivity index (χ1) is 13.1. The summed E-state index contributed by atoms with van der Waals surface area (Å²) in [6.45, 7) is 1.46. The zero-order chi connectivity index (χ0) is 19.1. The van der Waals surface area contributed by atoms with Gasteiger partial charge < -0.3 is 10.2 Å². The van der Waals surface area contributed by atoms with Gasteiger partial charge in [0.1, 0.15) is 5.70 Å². The Morgan fingerprint density at radius 2 is 1.52 bits per heavy atom. The normalized spacial score (nSPS) is 15.1. The molecule has 0 unspecified atom stereocenters. The van der Waals surface area contributed by atoms with E-state index in [9.17, 15) is 9.59 Å². The van der Waals surface area contributed by atoms with Gasteiger partial charge in [0.15, 0.2) is 0 Å². The summed E-state index contributed by atoms with van der Waals surface area (Å²) in [5, 5.41) is 2.84. The number of hydrogen-bond acceptors (Lipinski definition) is 2. The number of carbonyl (C=O) groups is 2. The molecule has 4 nitrogen and oxygen atoms in total. The molecule has 0 bridgehead atoms. The molecule has 1 N–H and O–H groups in total. The van der Waals surface area contributed by atoms with E-state index in [-0.39, 0.29) is 11.8 Å². The molecule has 0 radical (unpaired) electrons. The number of halogens is 1. The van der Waals surface area contributed by atoms with Crippen LogP contribution in [0.15, 0.2) is 64.8 Å². The molecule has 1 aliphatic rings. The van der Waals surface area contributed by atoms with Gasteiger partial charge in [-0.15, -0.1) is 0 Å². The lowest BCUT2D eigenvalue weighted by atomic mass is 10.1. The molecule has 27 heavy (non-hydrogen) atoms. The topological polar surface area (TPSA) is 49.4 Å². The van der Waals surface area contributed by atoms with Crippen molar-refractivity contribution in [3.8, 4) is 0 Å². The van der Waals surface area contributed by atoms with Gasteiger partial charge in [0.05, 0.1) is 5.56 Å². The first kappa shape index (κ1) is 19.4. The number of nitrogens with zero attached hydrogens (tertiary/aromatic N) is 1. The zero-order valence-corrected chi connectivity index (χ0v) is 16.7. The second kappa shape index (κ2) is 9.51. The van der Waals surface area contributed by atoms with Gasteiger partial charge in [-0.1, -0.05) is 55.3 Å². The fraction of sp³-hybridized carbons (Fsp3) is 0.273. The SMILES string of the molecule is O=C(N/C(=C\c1ccccc1)C(=O)N1CCCCCC1)c1ccccc1Br. The Kier molecular flexibility index (Phi) is 6.82. The lowest BCUT2D eigenvalue weighted by Gasteiger charge is -2.22. The summed E-state index contributed by atoms with van der Waals surface area (Å²) in [5.74, 6) is -0.422. The summed E-state index contributed by atoms with van der Waals surface area (Å²) in [7, 11) is 0. The van der Waals surface area contributed by atoms with Gasteiger partial charge in [-0.25, -0.2) is 0 Å². The molecule has 2 aromatic carbocycles. The van der Waals surface area contributed by atoms with Crippen LogP contribution < -0.4 is 5.32 Å². The first-order valence-corrected chi connectivity index (χ1v) is 10.1. The number of likely N-dealkylation sites (tertiary alicyclic amines) is 1. The van der Waals surface area contributed by atoms with Crippen LogP contribution >= 0.6 is 15.9 Å². The summed E-state index contributed by atoms with van der Waals surface area (Å²) in [6, 6.07) is 16.8. The van der Waals surface area contributed by atoms with E-state index in [2.05, 4.69) is 21.2 Å². The highest BCUT2D eigenvalue weighted by Crippen LogP contribution is 2.18. The van der Waals surface area contributed by atoms with Crippen LogP contribution in [0.1, 0.15) is 41.6 Å². The van der Waals surface area contributed by atoms with E-state index in [1.807, 2.05) is 47.4 Å². The Balaban J connectivity index is 1.88. The third kappa shape index (κ3) is 5.30. The van der Waals surface area contributed by atoms with Crippen molar-refractivity contribution >= 4 is 33.8 Å². The summed E-state index contributed by atoms with van der Waals surface area (Å²) in [4.78, 5) is 27.8. The van der Waals surface area contributed by atoms with Crippen LogP contribution in [-0.2, 0) is 4.79 Å². The van der Waals surface area contributed by atoms with Crippen LogP contribution in [-0.4, -0.2) is 29.8 Å². The van der Waals surface area contributed by atoms with Crippen LogP contribution in [0.5, 0.6) is 0 Å². The summed E-state index contributed by atoms with van der Waals surface area (Å²) >= 11 is 3.40. The van der Waals surface area contributed by atoms with Crippen LogP contribution in [0.3, 0.4) is 0 Å². The van der Waals surface area contributed by atoms with Crippen molar-refractivity contribution in [2.24, 2.45) is 0 Å². The molecule has 1 aliphatic heterocycles. The molecule has 0 saturated carbocycles. The van der Waals surface area contributed by atoms with Gasteiger partial charge in [-0.05, 0) is 52.5 Å². The maximum Gasteiger partial charge on any atom is 0.270 e. The number of rotatable bonds is 4. The second-order valence-electron chi connectivity index (χ2n) is 6.61. The van der Waals surface area contributed by atoms with Gasteiger partial charge in [0.25, 0.3) is 11.8 Å². The van der Waals surface area contributed by atoms with Gasteiger partial charge in [-0.2, -0.15) is 0 Å². The smallest absolute Gasteiger partial charge is 0.270 e. The minimum absolute atomic E-state index is 0.124. The van der Waals surface area contributed by atoms with E-state index < -0.39 is 0 Å². The number of hydrogen-bond donors (Lipinski definition) is 1. The molecule has 2 aromatic rings. The molecule has 1 saturated heterocycles. The third-order valence-electron chi connectivity index (χ3n) is 4.60. The Morgan fingerprint density at radius 3 is 2.19 bits per heavy atom. The lowest BCUT2D eigenvalue weighted by Crippen LogP contribution is -2.39. The maximum atomic E-state index is 13.1. The second-order valence-corrected chi connectivity index (χ2v) is 7.46. The number of amides is 2. The summed E-state index contributed by atoms with van der Waals surface area (Å²) < 4.78 is 0.698. The maximum absolute atomic E-state index is 13.1. The predicted molar refractivity (Wildman–Crippen MR) is 111 cm³/mol. The minimum atomic E-state index is -0.298. The summed E-state index contributed by atoms with van der Waals surface area (Å²) in [5.41, 5.74) is 1.69. The van der Waals surface area contributed by atoms with Crippen molar-refractivity contribution in [1.29, 1.82) is 0 Å². The molecule has 0 spiro atoms. The summed E-state index contributed by atoms with van der Waals surface area (Å²) in [6.07, 6.45) is 6.04. The van der Waals surface area contributed by atoms with Crippen molar-refractivity contribution in [3.63, 3.8) is 0 Å². The van der Waals surface area contributed by atoms with E-state index in [0.29, 0.717) is 15.7 Å². The predicted octanol–water partition coefficient (Wildman–Crippen LogP) is 4.62. The number of nitrogens with one attached hydrogen (secondary N) is 1. The van der Waals surface area contributed by atoms with Crippen molar-refractivity contribution in [1.82, 2.24) is 10.2 Å². The highest BCUT2D eigenvalue weighted by molar-refractivity contribution is 9.10. The Labute approximate surface area is 168 Å². The third-order valence-corrected chi connectivity index (χ3v) is 5.29. The van der Waals surface area contributed by atoms with Gasteiger partial charge >= 0.3 is 0 Å². The van der Waals surface area contributed by atoms with Crippen LogP contribution in [0, 0.1) is 0 Å². The minimum Gasteiger partial charge on any atom is -0.337 e. The highest BCUT2D eigenvalue weighted by Gasteiger charge is 2.22. The van der Waals surface area contributed by atoms with Gasteiger partial charge in [-0.3, -0.25) is 9.59 Å². The Hall–Kier alpha value is -2.40. The van der Waals surface area contributed by atoms with Crippen LogP contribution in [0.2, 0.25) is 0 Å². The van der Waals surface area contributed by atoms with Crippen molar-refractivity contribution in [3.05, 3.63) is 75.9 Å². The fourth-order valence-corrected chi connectivity index (χ4v) is 3.61. The van der Waals surface area contributed by atoms with Crippen molar-refractivity contribution < 1.29 is 9.59 Å². The molecule has 1 fully saturated rings.